The Balaban J connectivity index is 4.85. The summed E-state index contributed by atoms with van der Waals surface area (Å²) < 4.78 is 5.63. The zero-order valence-electron chi connectivity index (χ0n) is 26.3. The van der Waals surface area contributed by atoms with Crippen LogP contribution >= 0.6 is 0 Å². The fourth-order valence-electron chi connectivity index (χ4n) is 4.89. The van der Waals surface area contributed by atoms with E-state index in [9.17, 15) is 19.2 Å². The molecule has 0 bridgehead atoms. The minimum Gasteiger partial charge on any atom is -0.460 e. The highest BCUT2D eigenvalue weighted by Crippen LogP contribution is 2.22. The van der Waals surface area contributed by atoms with Crippen molar-refractivity contribution in [1.29, 1.82) is 0 Å². The third kappa shape index (κ3) is 14.8. The molecule has 0 radical (unpaired) electrons. The number of nitrogens with zero attached hydrogens (tertiary/aromatic N) is 1. The van der Waals surface area contributed by atoms with Gasteiger partial charge in [0.2, 0.25) is 5.91 Å². The van der Waals surface area contributed by atoms with Gasteiger partial charge in [-0.15, -0.1) is 0 Å². The lowest BCUT2D eigenvalue weighted by molar-refractivity contribution is -0.155. The second-order valence-electron chi connectivity index (χ2n) is 11.8. The zero-order chi connectivity index (χ0) is 30.1. The first-order chi connectivity index (χ1) is 18.3. The van der Waals surface area contributed by atoms with Crippen molar-refractivity contribution < 1.29 is 23.9 Å². The predicted octanol–water partition coefficient (Wildman–Crippen LogP) is 4.70. The van der Waals surface area contributed by atoms with Gasteiger partial charge >= 0.3 is 5.97 Å². The van der Waals surface area contributed by atoms with Crippen LogP contribution in [0.5, 0.6) is 0 Å². The van der Waals surface area contributed by atoms with Crippen LogP contribution in [0.3, 0.4) is 0 Å². The average Bonchev–Trinajstić information content (AvgIpc) is 2.84. The van der Waals surface area contributed by atoms with Crippen molar-refractivity contribution in [2.75, 3.05) is 21.1 Å². The minimum absolute atomic E-state index is 0.00983. The number of hydrogen-bond acceptors (Lipinski definition) is 7. The van der Waals surface area contributed by atoms with Gasteiger partial charge in [-0.3, -0.25) is 24.1 Å². The second kappa shape index (κ2) is 19.9. The molecule has 1 amide bonds. The molecular formula is C31H57N3O5. The molecule has 0 unspecified atom stereocenters. The molecule has 0 aromatic carbocycles. The molecule has 0 aliphatic rings. The van der Waals surface area contributed by atoms with Gasteiger partial charge in [-0.1, -0.05) is 59.6 Å². The molecule has 8 heteroatoms. The van der Waals surface area contributed by atoms with Gasteiger partial charge in [-0.25, -0.2) is 0 Å². The molecule has 0 saturated carbocycles. The van der Waals surface area contributed by atoms with Crippen molar-refractivity contribution in [2.45, 2.75) is 124 Å². The molecule has 0 aromatic rings. The van der Waals surface area contributed by atoms with Crippen LogP contribution in [0.15, 0.2) is 12.2 Å². The van der Waals surface area contributed by atoms with E-state index in [-0.39, 0.29) is 41.3 Å². The van der Waals surface area contributed by atoms with E-state index in [1.54, 1.807) is 7.05 Å². The number of rotatable bonds is 21. The molecule has 39 heavy (non-hydrogen) atoms. The first-order valence-corrected chi connectivity index (χ1v) is 14.7. The van der Waals surface area contributed by atoms with Crippen LogP contribution in [0.4, 0.5) is 0 Å². The molecular weight excluding hydrogens is 494 g/mol. The highest BCUT2D eigenvalue weighted by molar-refractivity contribution is 5.91. The van der Waals surface area contributed by atoms with E-state index in [1.165, 1.54) is 6.92 Å². The van der Waals surface area contributed by atoms with E-state index in [0.29, 0.717) is 25.2 Å². The smallest absolute Gasteiger partial charge is 0.302 e. The number of allylic oxidation sites excluding steroid dienone is 2. The topological polar surface area (TPSA) is 105 Å². The Morgan fingerprint density at radius 1 is 0.897 bits per heavy atom. The average molecular weight is 552 g/mol. The quantitative estimate of drug-likeness (QED) is 0.121. The number of hydrogen-bond donors (Lipinski definition) is 2. The molecule has 0 aliphatic carbocycles. The van der Waals surface area contributed by atoms with Crippen LogP contribution in [0, 0.1) is 17.8 Å². The van der Waals surface area contributed by atoms with Gasteiger partial charge in [0, 0.05) is 19.8 Å². The van der Waals surface area contributed by atoms with Gasteiger partial charge in [0.15, 0.2) is 11.6 Å². The molecule has 0 aromatic heterocycles. The number of ether oxygens (including phenoxy) is 1. The summed E-state index contributed by atoms with van der Waals surface area (Å²) in [6.07, 6.45) is 8.84. The number of likely N-dealkylation sites (N-methyl/N-ethyl adjacent to an activating group) is 2. The summed E-state index contributed by atoms with van der Waals surface area (Å²) in [5.74, 6) is 0.0110. The molecule has 8 nitrogen and oxygen atoms in total. The highest BCUT2D eigenvalue weighted by atomic mass is 16.5. The van der Waals surface area contributed by atoms with Crippen LogP contribution in [0.2, 0.25) is 0 Å². The normalized spacial score (nSPS) is 15.8. The van der Waals surface area contributed by atoms with Crippen LogP contribution < -0.4 is 10.6 Å². The maximum absolute atomic E-state index is 13.2. The molecule has 0 saturated heterocycles. The van der Waals surface area contributed by atoms with Crippen molar-refractivity contribution in [3.63, 3.8) is 0 Å². The van der Waals surface area contributed by atoms with E-state index in [4.69, 9.17) is 4.74 Å². The van der Waals surface area contributed by atoms with Crippen LogP contribution in [-0.2, 0) is 23.9 Å². The van der Waals surface area contributed by atoms with E-state index in [0.717, 1.165) is 32.1 Å². The lowest BCUT2D eigenvalue weighted by Crippen LogP contribution is -2.51. The van der Waals surface area contributed by atoms with Gasteiger partial charge in [0.25, 0.3) is 0 Å². The minimum atomic E-state index is -0.509. The second-order valence-corrected chi connectivity index (χ2v) is 11.8. The van der Waals surface area contributed by atoms with Crippen molar-refractivity contribution in [2.24, 2.45) is 17.8 Å². The molecule has 226 valence electrons. The zero-order valence-corrected chi connectivity index (χ0v) is 26.3. The molecule has 5 atom stereocenters. The molecule has 2 N–H and O–H groups in total. The number of Topliss-reactive ketones (excluding diaryl/α,β-unsaturated/α-hetero) is 2. The third-order valence-electron chi connectivity index (χ3n) is 7.08. The number of ketones is 2. The Morgan fingerprint density at radius 3 is 1.90 bits per heavy atom. The first kappa shape index (κ1) is 36.9. The van der Waals surface area contributed by atoms with Crippen LogP contribution in [-0.4, -0.2) is 73.7 Å². The Hall–Kier alpha value is -2.06. The fourth-order valence-corrected chi connectivity index (χ4v) is 4.89. The van der Waals surface area contributed by atoms with Gasteiger partial charge in [-0.2, -0.15) is 0 Å². The summed E-state index contributed by atoms with van der Waals surface area (Å²) in [7, 11) is 5.46. The van der Waals surface area contributed by atoms with Crippen molar-refractivity contribution >= 4 is 23.4 Å². The summed E-state index contributed by atoms with van der Waals surface area (Å²) in [6, 6.07) is -1.30. The van der Waals surface area contributed by atoms with Gasteiger partial charge in [0.05, 0.1) is 12.1 Å². The highest BCUT2D eigenvalue weighted by Gasteiger charge is 2.35. The van der Waals surface area contributed by atoms with Crippen LogP contribution in [0.25, 0.3) is 0 Å². The van der Waals surface area contributed by atoms with E-state index < -0.39 is 18.2 Å². The van der Waals surface area contributed by atoms with Crippen LogP contribution in [0.1, 0.15) is 99.8 Å². The molecule has 0 heterocycles. The number of esters is 1. The Kier molecular flexibility index (Phi) is 18.9. The Bertz CT molecular complexity index is 778. The lowest BCUT2D eigenvalue weighted by Gasteiger charge is -2.34. The van der Waals surface area contributed by atoms with Gasteiger partial charge < -0.3 is 15.4 Å². The SMILES string of the molecule is C/C=C/C[C@@H](C)[C@@H](OC(C)=O)[C@H](C(=O)CCCCCCC(=O)[C@@H](NC(=O)[C@H](CC(C)C)NC)C(C)C)N(C)C. The molecule has 0 aliphatic heterocycles. The number of nitrogens with one attached hydrogen (secondary N) is 2. The third-order valence-corrected chi connectivity index (χ3v) is 7.08. The van der Waals surface area contributed by atoms with Crippen molar-refractivity contribution in [3.8, 4) is 0 Å². The fraction of sp³-hybridized carbons (Fsp3) is 0.806. The molecule has 0 fully saturated rings. The largest absolute Gasteiger partial charge is 0.460 e. The van der Waals surface area contributed by atoms with E-state index >= 15 is 0 Å². The monoisotopic (exact) mass is 551 g/mol. The van der Waals surface area contributed by atoms with Gasteiger partial charge in [0.1, 0.15) is 12.1 Å². The summed E-state index contributed by atoms with van der Waals surface area (Å²) in [4.78, 5) is 52.5. The van der Waals surface area contributed by atoms with Crippen molar-refractivity contribution in [3.05, 3.63) is 12.2 Å². The van der Waals surface area contributed by atoms with E-state index in [1.807, 2.05) is 58.8 Å². The Morgan fingerprint density at radius 2 is 1.46 bits per heavy atom. The molecule has 0 rings (SSSR count). The summed E-state index contributed by atoms with van der Waals surface area (Å²) >= 11 is 0. The molecule has 0 spiro atoms. The summed E-state index contributed by atoms with van der Waals surface area (Å²) in [5.41, 5.74) is 0. The maximum Gasteiger partial charge on any atom is 0.302 e. The maximum atomic E-state index is 13.2. The number of amides is 1. The Labute approximate surface area is 238 Å². The lowest BCUT2D eigenvalue weighted by atomic mass is 9.89. The standard InChI is InChI=1S/C31H57N3O5/c1-11-12-17-23(6)30(39-24(7)35)29(34(9)10)27(37)19-16-14-13-15-18-26(36)28(22(4)5)33-31(38)25(32-8)20-21(2)3/h11-12,21-23,25,28-30,32H,13-20H2,1-10H3,(H,33,38)/b12-11+/t23-,25+,28+,29+,30-/m1/s1. The van der Waals surface area contributed by atoms with Gasteiger partial charge in [-0.05, 0) is 71.5 Å². The first-order valence-electron chi connectivity index (χ1n) is 14.7. The van der Waals surface area contributed by atoms with Crippen molar-refractivity contribution in [1.82, 2.24) is 15.5 Å². The predicted molar refractivity (Wildman–Crippen MR) is 158 cm³/mol. The number of unbranched alkanes of at least 4 members (excludes halogenated alkanes) is 3. The number of carbonyl (C=O) groups is 4. The number of carbonyl (C=O) groups excluding carboxylic acids is 4. The summed E-state index contributed by atoms with van der Waals surface area (Å²) in [5, 5.41) is 6.02. The van der Waals surface area contributed by atoms with E-state index in [2.05, 4.69) is 24.5 Å². The summed E-state index contributed by atoms with van der Waals surface area (Å²) in [6.45, 7) is 13.4.